The number of halogens is 1. The third kappa shape index (κ3) is 8.54. The van der Waals surface area contributed by atoms with Crippen molar-refractivity contribution in [2.24, 2.45) is 5.92 Å². The molecular weight excluding hydrogens is 534 g/mol. The molecule has 35 heavy (non-hydrogen) atoms. The second-order valence-electron chi connectivity index (χ2n) is 8.68. The van der Waals surface area contributed by atoms with E-state index in [1.54, 1.807) is 49.6 Å². The summed E-state index contributed by atoms with van der Waals surface area (Å²) in [5, 5.41) is 2.90. The van der Waals surface area contributed by atoms with Gasteiger partial charge in [0.05, 0.1) is 19.1 Å². The van der Waals surface area contributed by atoms with Crippen molar-refractivity contribution in [3.05, 3.63) is 58.6 Å². The fraction of sp³-hybridized carbons (Fsp3) is 0.440. The van der Waals surface area contributed by atoms with Gasteiger partial charge in [0, 0.05) is 17.6 Å². The Morgan fingerprint density at radius 1 is 1.11 bits per heavy atom. The predicted molar refractivity (Wildman–Crippen MR) is 142 cm³/mol. The summed E-state index contributed by atoms with van der Waals surface area (Å²) in [5.74, 6) is 0.122. The van der Waals surface area contributed by atoms with E-state index in [0.717, 1.165) is 20.6 Å². The minimum atomic E-state index is -3.77. The maximum atomic E-state index is 13.6. The van der Waals surface area contributed by atoms with Gasteiger partial charge in [-0.2, -0.15) is 0 Å². The standard InChI is InChI=1S/C25H34BrN3O5S/c1-6-23(25(31)27-15-18(2)3)28(16-19-8-7-9-22(14-19)34-4)24(30)17-29(35(5,32)33)21-12-10-20(26)11-13-21/h7-14,18,23H,6,15-17H2,1-5H3,(H,27,31)/t23-/m0/s1. The highest BCUT2D eigenvalue weighted by atomic mass is 79.9. The first-order chi connectivity index (χ1) is 16.5. The predicted octanol–water partition coefficient (Wildman–Crippen LogP) is 3.80. The molecule has 0 aromatic heterocycles. The topological polar surface area (TPSA) is 96.0 Å². The van der Waals surface area contributed by atoms with E-state index in [0.29, 0.717) is 24.4 Å². The molecule has 192 valence electrons. The molecule has 0 saturated carbocycles. The van der Waals surface area contributed by atoms with Crippen molar-refractivity contribution in [1.82, 2.24) is 10.2 Å². The van der Waals surface area contributed by atoms with Gasteiger partial charge in [0.25, 0.3) is 0 Å². The summed E-state index contributed by atoms with van der Waals surface area (Å²) in [5.41, 5.74) is 1.13. The Balaban J connectivity index is 2.42. The molecule has 0 radical (unpaired) electrons. The van der Waals surface area contributed by atoms with Gasteiger partial charge in [-0.25, -0.2) is 8.42 Å². The molecule has 2 rings (SSSR count). The van der Waals surface area contributed by atoms with Crippen molar-refractivity contribution >= 4 is 43.5 Å². The van der Waals surface area contributed by atoms with Crippen LogP contribution in [-0.4, -0.2) is 57.6 Å². The van der Waals surface area contributed by atoms with E-state index < -0.39 is 28.5 Å². The zero-order valence-corrected chi connectivity index (χ0v) is 23.2. The minimum Gasteiger partial charge on any atom is -0.497 e. The molecule has 0 aliphatic heterocycles. The Kier molecular flexibility index (Phi) is 10.6. The number of carbonyl (C=O) groups is 2. The first-order valence-corrected chi connectivity index (χ1v) is 14.0. The lowest BCUT2D eigenvalue weighted by Crippen LogP contribution is -2.52. The average Bonchev–Trinajstić information content (AvgIpc) is 2.81. The first-order valence-electron chi connectivity index (χ1n) is 11.4. The van der Waals surface area contributed by atoms with Crippen LogP contribution >= 0.6 is 15.9 Å². The van der Waals surface area contributed by atoms with E-state index in [1.165, 1.54) is 4.90 Å². The van der Waals surface area contributed by atoms with Gasteiger partial charge in [-0.1, -0.05) is 48.8 Å². The molecule has 0 bridgehead atoms. The lowest BCUT2D eigenvalue weighted by molar-refractivity contribution is -0.140. The highest BCUT2D eigenvalue weighted by Gasteiger charge is 2.31. The van der Waals surface area contributed by atoms with Crippen molar-refractivity contribution in [2.45, 2.75) is 39.8 Å². The molecule has 10 heteroatoms. The average molecular weight is 569 g/mol. The Labute approximate surface area is 216 Å². The monoisotopic (exact) mass is 567 g/mol. The lowest BCUT2D eigenvalue weighted by atomic mass is 10.1. The van der Waals surface area contributed by atoms with Crippen LogP contribution in [0.3, 0.4) is 0 Å². The van der Waals surface area contributed by atoms with Crippen LogP contribution < -0.4 is 14.4 Å². The molecule has 0 fully saturated rings. The van der Waals surface area contributed by atoms with Crippen LogP contribution in [0.15, 0.2) is 53.0 Å². The van der Waals surface area contributed by atoms with Crippen molar-refractivity contribution in [1.29, 1.82) is 0 Å². The number of nitrogens with zero attached hydrogens (tertiary/aromatic N) is 2. The SMILES string of the molecule is CC[C@@H](C(=O)NCC(C)C)N(Cc1cccc(OC)c1)C(=O)CN(c1ccc(Br)cc1)S(C)(=O)=O. The molecule has 1 atom stereocenters. The molecule has 0 aliphatic carbocycles. The number of hydrogen-bond acceptors (Lipinski definition) is 5. The number of anilines is 1. The number of amides is 2. The van der Waals surface area contributed by atoms with Crippen LogP contribution in [0.25, 0.3) is 0 Å². The van der Waals surface area contributed by atoms with Gasteiger partial charge in [0.1, 0.15) is 18.3 Å². The van der Waals surface area contributed by atoms with E-state index in [1.807, 2.05) is 26.8 Å². The summed E-state index contributed by atoms with van der Waals surface area (Å²) in [7, 11) is -2.21. The number of sulfonamides is 1. The van der Waals surface area contributed by atoms with E-state index in [-0.39, 0.29) is 18.4 Å². The molecule has 1 N–H and O–H groups in total. The number of rotatable bonds is 12. The zero-order valence-electron chi connectivity index (χ0n) is 20.8. The van der Waals surface area contributed by atoms with Crippen LogP contribution in [0.1, 0.15) is 32.8 Å². The largest absolute Gasteiger partial charge is 0.497 e. The number of methoxy groups -OCH3 is 1. The summed E-state index contributed by atoms with van der Waals surface area (Å²) >= 11 is 3.34. The quantitative estimate of drug-likeness (QED) is 0.420. The van der Waals surface area contributed by atoms with Gasteiger partial charge in [-0.15, -0.1) is 0 Å². The van der Waals surface area contributed by atoms with Crippen LogP contribution in [0.2, 0.25) is 0 Å². The molecule has 0 unspecified atom stereocenters. The fourth-order valence-corrected chi connectivity index (χ4v) is 4.64. The molecule has 2 amide bonds. The Morgan fingerprint density at radius 3 is 2.31 bits per heavy atom. The van der Waals surface area contributed by atoms with Crippen LogP contribution in [0, 0.1) is 5.92 Å². The van der Waals surface area contributed by atoms with Crippen molar-refractivity contribution in [3.8, 4) is 5.75 Å². The maximum absolute atomic E-state index is 13.6. The zero-order chi connectivity index (χ0) is 26.2. The van der Waals surface area contributed by atoms with Gasteiger partial charge in [-0.3, -0.25) is 13.9 Å². The van der Waals surface area contributed by atoms with Crippen LogP contribution in [-0.2, 0) is 26.2 Å². The number of ether oxygens (including phenoxy) is 1. The Bertz CT molecular complexity index is 1110. The summed E-state index contributed by atoms with van der Waals surface area (Å²) in [6, 6.07) is 13.1. The second-order valence-corrected chi connectivity index (χ2v) is 11.5. The van der Waals surface area contributed by atoms with Crippen molar-refractivity contribution < 1.29 is 22.7 Å². The molecule has 2 aromatic carbocycles. The lowest BCUT2D eigenvalue weighted by Gasteiger charge is -2.33. The Hall–Kier alpha value is -2.59. The van der Waals surface area contributed by atoms with Crippen LogP contribution in [0.5, 0.6) is 5.75 Å². The third-order valence-electron chi connectivity index (χ3n) is 5.35. The van der Waals surface area contributed by atoms with Gasteiger partial charge in [-0.05, 0) is 54.3 Å². The fourth-order valence-electron chi connectivity index (χ4n) is 3.53. The molecule has 0 spiro atoms. The smallest absolute Gasteiger partial charge is 0.244 e. The Morgan fingerprint density at radius 2 is 1.77 bits per heavy atom. The minimum absolute atomic E-state index is 0.127. The summed E-state index contributed by atoms with van der Waals surface area (Å²) in [6.07, 6.45) is 1.43. The van der Waals surface area contributed by atoms with Gasteiger partial charge >= 0.3 is 0 Å². The summed E-state index contributed by atoms with van der Waals surface area (Å²) in [6.45, 7) is 5.98. The highest BCUT2D eigenvalue weighted by molar-refractivity contribution is 9.10. The number of benzene rings is 2. The van der Waals surface area contributed by atoms with E-state index in [9.17, 15) is 18.0 Å². The third-order valence-corrected chi connectivity index (χ3v) is 7.02. The van der Waals surface area contributed by atoms with Gasteiger partial charge in [0.2, 0.25) is 21.8 Å². The molecule has 2 aromatic rings. The first kappa shape index (κ1) is 28.6. The van der Waals surface area contributed by atoms with E-state index in [4.69, 9.17) is 4.74 Å². The van der Waals surface area contributed by atoms with E-state index in [2.05, 4.69) is 21.2 Å². The number of carbonyl (C=O) groups excluding carboxylic acids is 2. The highest BCUT2D eigenvalue weighted by Crippen LogP contribution is 2.22. The second kappa shape index (κ2) is 12.9. The normalized spacial score (nSPS) is 12.2. The molecular formula is C25H34BrN3O5S. The summed E-state index contributed by atoms with van der Waals surface area (Å²) in [4.78, 5) is 28.1. The molecule has 8 nitrogen and oxygen atoms in total. The number of nitrogens with one attached hydrogen (secondary N) is 1. The van der Waals surface area contributed by atoms with Crippen molar-refractivity contribution in [2.75, 3.05) is 30.8 Å². The molecule has 0 aliphatic rings. The van der Waals surface area contributed by atoms with Gasteiger partial charge < -0.3 is 15.0 Å². The van der Waals surface area contributed by atoms with E-state index >= 15 is 0 Å². The summed E-state index contributed by atoms with van der Waals surface area (Å²) < 4.78 is 32.4. The molecule has 0 heterocycles. The molecule has 0 saturated heterocycles. The van der Waals surface area contributed by atoms with Crippen molar-refractivity contribution in [3.63, 3.8) is 0 Å². The number of hydrogen-bond donors (Lipinski definition) is 1. The van der Waals surface area contributed by atoms with Crippen LogP contribution in [0.4, 0.5) is 5.69 Å². The van der Waals surface area contributed by atoms with Gasteiger partial charge in [0.15, 0.2) is 0 Å². The maximum Gasteiger partial charge on any atom is 0.244 e.